The average molecular weight is 378 g/mol. The van der Waals surface area contributed by atoms with Gasteiger partial charge in [0.2, 0.25) is 0 Å². The SMILES string of the molecule is CCOn1c(C)nn(Cc2cccc(C(=O)CC(=O)C3CC3)c2Cl)c1=O. The fraction of sp³-hybridized carbons (Fsp3) is 0.444. The molecule has 1 fully saturated rings. The van der Waals surface area contributed by atoms with Crippen LogP contribution in [0.5, 0.6) is 0 Å². The Kier molecular flexibility index (Phi) is 5.27. The highest BCUT2D eigenvalue weighted by Gasteiger charge is 2.31. The highest BCUT2D eigenvalue weighted by Crippen LogP contribution is 2.32. The maximum atomic E-state index is 12.4. The lowest BCUT2D eigenvalue weighted by Crippen LogP contribution is -2.30. The van der Waals surface area contributed by atoms with Crippen LogP contribution in [0.2, 0.25) is 5.02 Å². The molecule has 0 atom stereocenters. The van der Waals surface area contributed by atoms with Crippen LogP contribution in [0, 0.1) is 12.8 Å². The molecule has 1 aliphatic rings. The predicted molar refractivity (Wildman–Crippen MR) is 95.6 cm³/mol. The summed E-state index contributed by atoms with van der Waals surface area (Å²) in [5.74, 6) is 0.135. The van der Waals surface area contributed by atoms with Crippen LogP contribution in [0.4, 0.5) is 0 Å². The minimum absolute atomic E-state index is 0.0289. The quantitative estimate of drug-likeness (QED) is 0.519. The Hall–Kier alpha value is -2.41. The Morgan fingerprint density at radius 3 is 2.73 bits per heavy atom. The standard InChI is InChI=1S/C18H20ClN3O4/c1-3-26-22-11(2)20-21(18(22)25)10-13-5-4-6-14(17(13)19)16(24)9-15(23)12-7-8-12/h4-6,12H,3,7-10H2,1-2H3. The topological polar surface area (TPSA) is 83.2 Å². The first-order chi connectivity index (χ1) is 12.4. The molecule has 0 radical (unpaired) electrons. The zero-order valence-electron chi connectivity index (χ0n) is 14.7. The van der Waals surface area contributed by atoms with Gasteiger partial charge in [-0.05, 0) is 38.3 Å². The molecule has 1 aromatic carbocycles. The van der Waals surface area contributed by atoms with E-state index < -0.39 is 5.69 Å². The van der Waals surface area contributed by atoms with Gasteiger partial charge in [-0.25, -0.2) is 9.48 Å². The van der Waals surface area contributed by atoms with Gasteiger partial charge in [0, 0.05) is 11.5 Å². The fourth-order valence-electron chi connectivity index (χ4n) is 2.76. The van der Waals surface area contributed by atoms with Gasteiger partial charge in [0.05, 0.1) is 18.0 Å². The van der Waals surface area contributed by atoms with E-state index in [-0.39, 0.29) is 35.5 Å². The highest BCUT2D eigenvalue weighted by atomic mass is 35.5. The van der Waals surface area contributed by atoms with E-state index in [0.29, 0.717) is 23.6 Å². The molecule has 0 N–H and O–H groups in total. The molecule has 1 aliphatic carbocycles. The minimum Gasteiger partial charge on any atom is -0.408 e. The number of ketones is 2. The third-order valence-corrected chi connectivity index (χ3v) is 4.73. The van der Waals surface area contributed by atoms with Crippen LogP contribution in [0.25, 0.3) is 0 Å². The second kappa shape index (κ2) is 7.45. The normalized spacial score (nSPS) is 13.7. The maximum absolute atomic E-state index is 12.4. The van der Waals surface area contributed by atoms with Crippen molar-refractivity contribution in [1.82, 2.24) is 14.5 Å². The van der Waals surface area contributed by atoms with E-state index in [0.717, 1.165) is 17.6 Å². The first-order valence-electron chi connectivity index (χ1n) is 8.55. The van der Waals surface area contributed by atoms with Gasteiger partial charge in [-0.2, -0.15) is 5.10 Å². The molecule has 1 saturated carbocycles. The number of Topliss-reactive ketones (excluding diaryl/α,β-unsaturated/α-hetero) is 2. The Bertz CT molecular complexity index is 912. The Labute approximate surface area is 155 Å². The summed E-state index contributed by atoms with van der Waals surface area (Å²) in [6.45, 7) is 3.89. The first kappa shape index (κ1) is 18.4. The van der Waals surface area contributed by atoms with Crippen LogP contribution in [-0.2, 0) is 11.3 Å². The molecule has 0 saturated heterocycles. The van der Waals surface area contributed by atoms with Gasteiger partial charge in [0.15, 0.2) is 11.6 Å². The second-order valence-corrected chi connectivity index (χ2v) is 6.70. The van der Waals surface area contributed by atoms with Gasteiger partial charge < -0.3 is 4.84 Å². The number of nitrogens with zero attached hydrogens (tertiary/aromatic N) is 3. The van der Waals surface area contributed by atoms with E-state index in [1.165, 1.54) is 4.68 Å². The maximum Gasteiger partial charge on any atom is 0.379 e. The third kappa shape index (κ3) is 3.72. The molecule has 138 valence electrons. The highest BCUT2D eigenvalue weighted by molar-refractivity contribution is 6.35. The van der Waals surface area contributed by atoms with E-state index in [1.807, 2.05) is 0 Å². The van der Waals surface area contributed by atoms with E-state index in [9.17, 15) is 14.4 Å². The summed E-state index contributed by atoms with van der Waals surface area (Å²) in [6.07, 6.45) is 1.60. The molecule has 0 aliphatic heterocycles. The van der Waals surface area contributed by atoms with Crippen LogP contribution in [0.15, 0.2) is 23.0 Å². The molecule has 8 heteroatoms. The number of hydrogen-bond donors (Lipinski definition) is 0. The summed E-state index contributed by atoms with van der Waals surface area (Å²) in [5.41, 5.74) is 0.466. The van der Waals surface area contributed by atoms with Gasteiger partial charge in [0.1, 0.15) is 12.4 Å². The van der Waals surface area contributed by atoms with Crippen LogP contribution in [0.1, 0.15) is 47.9 Å². The number of rotatable bonds is 8. The van der Waals surface area contributed by atoms with Crippen molar-refractivity contribution in [2.45, 2.75) is 39.7 Å². The smallest absolute Gasteiger partial charge is 0.379 e. The van der Waals surface area contributed by atoms with Gasteiger partial charge in [-0.1, -0.05) is 23.7 Å². The van der Waals surface area contributed by atoms with Gasteiger partial charge in [0.25, 0.3) is 0 Å². The molecule has 1 heterocycles. The Morgan fingerprint density at radius 2 is 2.08 bits per heavy atom. The number of carbonyl (C=O) groups is 2. The molecule has 0 amide bonds. The molecule has 7 nitrogen and oxygen atoms in total. The van der Waals surface area contributed by atoms with E-state index in [4.69, 9.17) is 16.4 Å². The van der Waals surface area contributed by atoms with Crippen LogP contribution < -0.4 is 10.5 Å². The Balaban J connectivity index is 1.83. The molecule has 0 bridgehead atoms. The number of aryl methyl sites for hydroxylation is 1. The molecular weight excluding hydrogens is 358 g/mol. The summed E-state index contributed by atoms with van der Waals surface area (Å²) < 4.78 is 2.35. The molecule has 3 rings (SSSR count). The lowest BCUT2D eigenvalue weighted by Gasteiger charge is -2.08. The molecular formula is C18H20ClN3O4. The monoisotopic (exact) mass is 377 g/mol. The summed E-state index contributed by atoms with van der Waals surface area (Å²) in [6, 6.07) is 5.01. The van der Waals surface area contributed by atoms with Gasteiger partial charge in [-0.3, -0.25) is 9.59 Å². The molecule has 2 aromatic rings. The fourth-order valence-corrected chi connectivity index (χ4v) is 3.05. The third-order valence-electron chi connectivity index (χ3n) is 4.28. The van der Waals surface area contributed by atoms with Crippen LogP contribution in [0.3, 0.4) is 0 Å². The number of aromatic nitrogens is 3. The lowest BCUT2D eigenvalue weighted by atomic mass is 10.0. The van der Waals surface area contributed by atoms with Crippen molar-refractivity contribution in [2.75, 3.05) is 6.61 Å². The number of halogens is 1. The van der Waals surface area contributed by atoms with E-state index in [1.54, 1.807) is 32.0 Å². The number of benzene rings is 1. The van der Waals surface area contributed by atoms with E-state index >= 15 is 0 Å². The lowest BCUT2D eigenvalue weighted by molar-refractivity contribution is -0.119. The largest absolute Gasteiger partial charge is 0.408 e. The van der Waals surface area contributed by atoms with Crippen molar-refractivity contribution in [1.29, 1.82) is 0 Å². The Morgan fingerprint density at radius 1 is 1.35 bits per heavy atom. The summed E-state index contributed by atoms with van der Waals surface area (Å²) in [4.78, 5) is 41.9. The van der Waals surface area contributed by atoms with Crippen molar-refractivity contribution in [3.8, 4) is 0 Å². The van der Waals surface area contributed by atoms with Crippen LogP contribution >= 0.6 is 11.6 Å². The second-order valence-electron chi connectivity index (χ2n) is 6.32. The van der Waals surface area contributed by atoms with Crippen molar-refractivity contribution >= 4 is 23.2 Å². The average Bonchev–Trinajstić information content (AvgIpc) is 3.41. The van der Waals surface area contributed by atoms with E-state index in [2.05, 4.69) is 5.10 Å². The molecule has 26 heavy (non-hydrogen) atoms. The van der Waals surface area contributed by atoms with Gasteiger partial charge >= 0.3 is 5.69 Å². The predicted octanol–water partition coefficient (Wildman–Crippen LogP) is 2.06. The zero-order valence-corrected chi connectivity index (χ0v) is 15.5. The van der Waals surface area contributed by atoms with Crippen molar-refractivity contribution in [3.63, 3.8) is 0 Å². The van der Waals surface area contributed by atoms with Crippen molar-refractivity contribution in [3.05, 3.63) is 50.7 Å². The number of hydrogen-bond acceptors (Lipinski definition) is 5. The molecule has 0 unspecified atom stereocenters. The van der Waals surface area contributed by atoms with Crippen LogP contribution in [-0.4, -0.2) is 32.7 Å². The number of carbonyl (C=O) groups excluding carboxylic acids is 2. The summed E-state index contributed by atoms with van der Waals surface area (Å²) >= 11 is 6.38. The minimum atomic E-state index is -0.416. The molecule has 0 spiro atoms. The van der Waals surface area contributed by atoms with Crippen molar-refractivity contribution in [2.24, 2.45) is 5.92 Å². The summed E-state index contributed by atoms with van der Waals surface area (Å²) in [5, 5.41) is 4.41. The first-order valence-corrected chi connectivity index (χ1v) is 8.93. The molecule has 1 aromatic heterocycles. The zero-order chi connectivity index (χ0) is 18.8. The van der Waals surface area contributed by atoms with Gasteiger partial charge in [-0.15, -0.1) is 4.73 Å². The van der Waals surface area contributed by atoms with Crippen molar-refractivity contribution < 1.29 is 14.4 Å². The summed E-state index contributed by atoms with van der Waals surface area (Å²) in [7, 11) is 0.